The predicted molar refractivity (Wildman–Crippen MR) is 77.3 cm³/mol. The number of nitrogens with zero attached hydrogens (tertiary/aromatic N) is 2. The third-order valence-electron chi connectivity index (χ3n) is 2.77. The van der Waals surface area contributed by atoms with Crippen LogP contribution in [0.5, 0.6) is 0 Å². The van der Waals surface area contributed by atoms with Crippen LogP contribution in [0.25, 0.3) is 5.65 Å². The highest BCUT2D eigenvalue weighted by atomic mass is 79.9. The Morgan fingerprint density at radius 1 is 1.21 bits per heavy atom. The summed E-state index contributed by atoms with van der Waals surface area (Å²) in [6.07, 6.45) is 5.38. The highest BCUT2D eigenvalue weighted by Gasteiger charge is 2.09. The van der Waals surface area contributed by atoms with Crippen LogP contribution in [0, 0.1) is 0 Å². The molecule has 1 amide bonds. The standard InChI is InChI=1S/C14H10BrN3O/c15-12-4-2-1-3-11(12)14(19)17-10-5-6-13-16-7-8-18(13)9-10/h1-9H,(H,17,19). The van der Waals surface area contributed by atoms with Gasteiger partial charge in [-0.15, -0.1) is 0 Å². The summed E-state index contributed by atoms with van der Waals surface area (Å²) >= 11 is 3.37. The number of hydrogen-bond donors (Lipinski definition) is 1. The SMILES string of the molecule is O=C(Nc1ccc2nccn2c1)c1ccccc1Br. The van der Waals surface area contributed by atoms with Crippen molar-refractivity contribution in [1.29, 1.82) is 0 Å². The van der Waals surface area contributed by atoms with Crippen molar-refractivity contribution in [3.8, 4) is 0 Å². The van der Waals surface area contributed by atoms with Crippen LogP contribution >= 0.6 is 15.9 Å². The van der Waals surface area contributed by atoms with Crippen molar-refractivity contribution in [2.24, 2.45) is 0 Å². The summed E-state index contributed by atoms with van der Waals surface area (Å²) in [6, 6.07) is 11.0. The van der Waals surface area contributed by atoms with Crippen molar-refractivity contribution < 1.29 is 4.79 Å². The minimum Gasteiger partial charge on any atom is -0.321 e. The van der Waals surface area contributed by atoms with Gasteiger partial charge >= 0.3 is 0 Å². The maximum Gasteiger partial charge on any atom is 0.256 e. The first kappa shape index (κ1) is 11.9. The van der Waals surface area contributed by atoms with Gasteiger partial charge in [0.1, 0.15) is 5.65 Å². The van der Waals surface area contributed by atoms with E-state index < -0.39 is 0 Å². The van der Waals surface area contributed by atoms with Gasteiger partial charge in [0.05, 0.1) is 11.3 Å². The summed E-state index contributed by atoms with van der Waals surface area (Å²) in [5.74, 6) is -0.146. The molecule has 0 bridgehead atoms. The lowest BCUT2D eigenvalue weighted by atomic mass is 10.2. The van der Waals surface area contributed by atoms with Gasteiger partial charge < -0.3 is 9.72 Å². The molecular weight excluding hydrogens is 306 g/mol. The highest BCUT2D eigenvalue weighted by Crippen LogP contribution is 2.18. The largest absolute Gasteiger partial charge is 0.321 e. The molecule has 0 saturated heterocycles. The van der Waals surface area contributed by atoms with Gasteiger partial charge in [0, 0.05) is 23.1 Å². The fraction of sp³-hybridized carbons (Fsp3) is 0. The van der Waals surface area contributed by atoms with Crippen LogP contribution in [-0.2, 0) is 0 Å². The lowest BCUT2D eigenvalue weighted by Crippen LogP contribution is -2.12. The molecule has 2 heterocycles. The van der Waals surface area contributed by atoms with Gasteiger partial charge in [-0.3, -0.25) is 4.79 Å². The van der Waals surface area contributed by atoms with Gasteiger partial charge in [0.2, 0.25) is 0 Å². The molecule has 0 atom stereocenters. The fourth-order valence-corrected chi connectivity index (χ4v) is 2.30. The summed E-state index contributed by atoms with van der Waals surface area (Å²) < 4.78 is 2.63. The van der Waals surface area contributed by atoms with E-state index in [2.05, 4.69) is 26.2 Å². The van der Waals surface area contributed by atoms with Crippen LogP contribution in [0.3, 0.4) is 0 Å². The molecule has 0 unspecified atom stereocenters. The van der Waals surface area contributed by atoms with Crippen molar-refractivity contribution in [1.82, 2.24) is 9.38 Å². The molecule has 0 fully saturated rings. The number of carbonyl (C=O) groups is 1. The first-order valence-corrected chi connectivity index (χ1v) is 6.52. The Labute approximate surface area is 118 Å². The van der Waals surface area contributed by atoms with E-state index in [1.807, 2.05) is 47.1 Å². The predicted octanol–water partition coefficient (Wildman–Crippen LogP) is 3.35. The second-order valence-corrected chi connectivity index (χ2v) is 4.90. The third kappa shape index (κ3) is 2.37. The number of anilines is 1. The van der Waals surface area contributed by atoms with Crippen molar-refractivity contribution in [3.63, 3.8) is 0 Å². The molecule has 3 rings (SSSR count). The molecule has 2 aromatic heterocycles. The van der Waals surface area contributed by atoms with E-state index in [1.54, 1.807) is 12.3 Å². The molecule has 0 spiro atoms. The third-order valence-corrected chi connectivity index (χ3v) is 3.46. The van der Waals surface area contributed by atoms with Crippen LogP contribution in [0.2, 0.25) is 0 Å². The average Bonchev–Trinajstić information content (AvgIpc) is 2.86. The first-order valence-electron chi connectivity index (χ1n) is 5.72. The van der Waals surface area contributed by atoms with E-state index in [0.29, 0.717) is 5.56 Å². The minimum atomic E-state index is -0.146. The van der Waals surface area contributed by atoms with Gasteiger partial charge in [0.15, 0.2) is 0 Å². The molecule has 1 N–H and O–H groups in total. The van der Waals surface area contributed by atoms with Gasteiger partial charge in [0.25, 0.3) is 5.91 Å². The molecule has 0 radical (unpaired) electrons. The maximum atomic E-state index is 12.1. The molecule has 3 aromatic rings. The number of pyridine rings is 1. The zero-order valence-corrected chi connectivity index (χ0v) is 11.5. The summed E-state index contributed by atoms with van der Waals surface area (Å²) in [4.78, 5) is 16.3. The van der Waals surface area contributed by atoms with E-state index in [0.717, 1.165) is 15.8 Å². The van der Waals surface area contributed by atoms with Crippen LogP contribution in [-0.4, -0.2) is 15.3 Å². The van der Waals surface area contributed by atoms with Gasteiger partial charge in [-0.05, 0) is 40.2 Å². The Morgan fingerprint density at radius 3 is 2.89 bits per heavy atom. The molecule has 0 saturated carbocycles. The summed E-state index contributed by atoms with van der Waals surface area (Å²) in [7, 11) is 0. The highest BCUT2D eigenvalue weighted by molar-refractivity contribution is 9.10. The van der Waals surface area contributed by atoms with E-state index in [1.165, 1.54) is 0 Å². The zero-order valence-electron chi connectivity index (χ0n) is 9.88. The van der Waals surface area contributed by atoms with Crippen molar-refractivity contribution >= 4 is 33.2 Å². The summed E-state index contributed by atoms with van der Waals surface area (Å²) in [6.45, 7) is 0. The normalized spacial score (nSPS) is 10.6. The van der Waals surface area contributed by atoms with Crippen molar-refractivity contribution in [2.45, 2.75) is 0 Å². The molecular formula is C14H10BrN3O. The molecule has 1 aromatic carbocycles. The first-order chi connectivity index (χ1) is 9.24. The second kappa shape index (κ2) is 4.85. The number of carbonyl (C=O) groups excluding carboxylic acids is 1. The molecule has 19 heavy (non-hydrogen) atoms. The quantitative estimate of drug-likeness (QED) is 0.788. The van der Waals surface area contributed by atoms with Crippen molar-refractivity contribution in [2.75, 3.05) is 5.32 Å². The monoisotopic (exact) mass is 315 g/mol. The Balaban J connectivity index is 1.88. The Bertz CT molecular complexity index is 751. The lowest BCUT2D eigenvalue weighted by Gasteiger charge is -2.07. The fourth-order valence-electron chi connectivity index (χ4n) is 1.84. The van der Waals surface area contributed by atoms with E-state index in [4.69, 9.17) is 0 Å². The molecule has 94 valence electrons. The number of amides is 1. The number of nitrogens with one attached hydrogen (secondary N) is 1. The smallest absolute Gasteiger partial charge is 0.256 e. The van der Waals surface area contributed by atoms with E-state index in [9.17, 15) is 4.79 Å². The lowest BCUT2D eigenvalue weighted by molar-refractivity contribution is 0.102. The summed E-state index contributed by atoms with van der Waals surface area (Å²) in [5, 5.41) is 2.86. The Hall–Kier alpha value is -2.14. The number of benzene rings is 1. The minimum absolute atomic E-state index is 0.146. The second-order valence-electron chi connectivity index (χ2n) is 4.04. The van der Waals surface area contributed by atoms with E-state index >= 15 is 0 Å². The molecule has 5 heteroatoms. The number of fused-ring (bicyclic) bond motifs is 1. The Morgan fingerprint density at radius 2 is 2.05 bits per heavy atom. The summed E-state index contributed by atoms with van der Waals surface area (Å²) in [5.41, 5.74) is 2.18. The van der Waals surface area contributed by atoms with Crippen LogP contribution in [0.4, 0.5) is 5.69 Å². The average molecular weight is 316 g/mol. The molecule has 0 aliphatic heterocycles. The topological polar surface area (TPSA) is 46.4 Å². The zero-order chi connectivity index (χ0) is 13.2. The maximum absolute atomic E-state index is 12.1. The number of halogens is 1. The number of aromatic nitrogens is 2. The molecule has 0 aliphatic rings. The van der Waals surface area contributed by atoms with Crippen LogP contribution in [0.15, 0.2) is 59.5 Å². The van der Waals surface area contributed by atoms with Gasteiger partial charge in [-0.25, -0.2) is 4.98 Å². The van der Waals surface area contributed by atoms with Crippen LogP contribution in [0.1, 0.15) is 10.4 Å². The molecule has 0 aliphatic carbocycles. The number of hydrogen-bond acceptors (Lipinski definition) is 2. The molecule has 4 nitrogen and oxygen atoms in total. The van der Waals surface area contributed by atoms with Gasteiger partial charge in [-0.1, -0.05) is 12.1 Å². The number of imidazole rings is 1. The van der Waals surface area contributed by atoms with Crippen molar-refractivity contribution in [3.05, 3.63) is 65.0 Å². The van der Waals surface area contributed by atoms with Crippen LogP contribution < -0.4 is 5.32 Å². The Kier molecular flexibility index (Phi) is 3.05. The van der Waals surface area contributed by atoms with E-state index in [-0.39, 0.29) is 5.91 Å². The number of rotatable bonds is 2. The van der Waals surface area contributed by atoms with Gasteiger partial charge in [-0.2, -0.15) is 0 Å².